The van der Waals surface area contributed by atoms with E-state index in [2.05, 4.69) is 38.1 Å². The third-order valence-electron chi connectivity index (χ3n) is 3.63. The molecule has 0 aliphatic rings. The lowest BCUT2D eigenvalue weighted by Crippen LogP contribution is -2.35. The summed E-state index contributed by atoms with van der Waals surface area (Å²) < 4.78 is 0. The number of hydrogen-bond acceptors (Lipinski definition) is 2. The SMILES string of the molecule is CCc1ccc(C(CC)(CN)CCO)cc1. The van der Waals surface area contributed by atoms with Crippen LogP contribution in [0, 0.1) is 0 Å². The highest BCUT2D eigenvalue weighted by atomic mass is 16.3. The Morgan fingerprint density at radius 3 is 2.19 bits per heavy atom. The second-order valence-corrected chi connectivity index (χ2v) is 4.36. The van der Waals surface area contributed by atoms with Crippen LogP contribution in [0.1, 0.15) is 37.8 Å². The summed E-state index contributed by atoms with van der Waals surface area (Å²) in [6.45, 7) is 5.07. The Morgan fingerprint density at radius 2 is 1.81 bits per heavy atom. The van der Waals surface area contributed by atoms with Gasteiger partial charge >= 0.3 is 0 Å². The van der Waals surface area contributed by atoms with Gasteiger partial charge in [-0.1, -0.05) is 38.1 Å². The van der Waals surface area contributed by atoms with Gasteiger partial charge in [0.05, 0.1) is 0 Å². The van der Waals surface area contributed by atoms with Gasteiger partial charge in [-0.05, 0) is 30.4 Å². The first-order valence-electron chi connectivity index (χ1n) is 6.12. The standard InChI is InChI=1S/C14H23NO/c1-3-12-5-7-13(8-6-12)14(4-2,11-15)9-10-16/h5-8,16H,3-4,9-11,15H2,1-2H3. The minimum absolute atomic E-state index is 0.0545. The van der Waals surface area contributed by atoms with E-state index in [-0.39, 0.29) is 12.0 Å². The molecule has 3 N–H and O–H groups in total. The molecular formula is C14H23NO. The van der Waals surface area contributed by atoms with Crippen molar-refractivity contribution in [1.29, 1.82) is 0 Å². The van der Waals surface area contributed by atoms with Crippen LogP contribution in [0.4, 0.5) is 0 Å². The smallest absolute Gasteiger partial charge is 0.0440 e. The molecule has 2 nitrogen and oxygen atoms in total. The lowest BCUT2D eigenvalue weighted by molar-refractivity contribution is 0.234. The summed E-state index contributed by atoms with van der Waals surface area (Å²) in [6, 6.07) is 8.63. The number of aliphatic hydroxyl groups excluding tert-OH is 1. The van der Waals surface area contributed by atoms with E-state index in [0.717, 1.165) is 19.3 Å². The maximum atomic E-state index is 9.17. The number of hydrogen-bond donors (Lipinski definition) is 2. The van der Waals surface area contributed by atoms with Crippen LogP contribution in [0.25, 0.3) is 0 Å². The van der Waals surface area contributed by atoms with E-state index >= 15 is 0 Å². The van der Waals surface area contributed by atoms with Crippen LogP contribution in [-0.2, 0) is 11.8 Å². The summed E-state index contributed by atoms with van der Waals surface area (Å²) in [4.78, 5) is 0. The summed E-state index contributed by atoms with van der Waals surface area (Å²) in [5, 5.41) is 9.17. The lowest BCUT2D eigenvalue weighted by atomic mass is 9.75. The summed E-state index contributed by atoms with van der Waals surface area (Å²) in [5.41, 5.74) is 8.44. The Hall–Kier alpha value is -0.860. The topological polar surface area (TPSA) is 46.2 Å². The van der Waals surface area contributed by atoms with Crippen molar-refractivity contribution in [1.82, 2.24) is 0 Å². The van der Waals surface area contributed by atoms with Crippen LogP contribution in [0.2, 0.25) is 0 Å². The second-order valence-electron chi connectivity index (χ2n) is 4.36. The maximum Gasteiger partial charge on any atom is 0.0440 e. The molecule has 0 saturated carbocycles. The first-order chi connectivity index (χ1) is 7.72. The van der Waals surface area contributed by atoms with Crippen molar-refractivity contribution in [2.75, 3.05) is 13.2 Å². The highest BCUT2D eigenvalue weighted by Gasteiger charge is 2.27. The fourth-order valence-electron chi connectivity index (χ4n) is 2.20. The predicted octanol–water partition coefficient (Wildman–Crippen LogP) is 2.24. The average molecular weight is 221 g/mol. The zero-order valence-corrected chi connectivity index (χ0v) is 10.4. The molecule has 0 aliphatic heterocycles. The van der Waals surface area contributed by atoms with Crippen molar-refractivity contribution in [2.45, 2.75) is 38.5 Å². The van der Waals surface area contributed by atoms with Crippen LogP contribution in [-0.4, -0.2) is 18.3 Å². The molecule has 90 valence electrons. The van der Waals surface area contributed by atoms with E-state index in [4.69, 9.17) is 5.73 Å². The largest absolute Gasteiger partial charge is 0.396 e. The van der Waals surface area contributed by atoms with Crippen LogP contribution in [0.15, 0.2) is 24.3 Å². The minimum Gasteiger partial charge on any atom is -0.396 e. The summed E-state index contributed by atoms with van der Waals surface area (Å²) in [5.74, 6) is 0. The van der Waals surface area contributed by atoms with Crippen molar-refractivity contribution in [2.24, 2.45) is 5.73 Å². The molecule has 0 radical (unpaired) electrons. The fourth-order valence-corrected chi connectivity index (χ4v) is 2.20. The van der Waals surface area contributed by atoms with E-state index < -0.39 is 0 Å². The molecule has 1 aromatic carbocycles. The number of benzene rings is 1. The normalized spacial score (nSPS) is 14.8. The third-order valence-corrected chi connectivity index (χ3v) is 3.63. The molecule has 2 heteroatoms. The molecular weight excluding hydrogens is 198 g/mol. The lowest BCUT2D eigenvalue weighted by Gasteiger charge is -2.31. The molecule has 0 bridgehead atoms. The van der Waals surface area contributed by atoms with Crippen molar-refractivity contribution in [3.05, 3.63) is 35.4 Å². The molecule has 0 heterocycles. The van der Waals surface area contributed by atoms with Crippen LogP contribution in [0.5, 0.6) is 0 Å². The minimum atomic E-state index is -0.0545. The highest BCUT2D eigenvalue weighted by Crippen LogP contribution is 2.30. The first kappa shape index (κ1) is 13.2. The monoisotopic (exact) mass is 221 g/mol. The Kier molecular flexibility index (Phi) is 4.97. The van der Waals surface area contributed by atoms with E-state index in [1.54, 1.807) is 0 Å². The zero-order chi connectivity index (χ0) is 12.0. The van der Waals surface area contributed by atoms with Gasteiger partial charge in [-0.2, -0.15) is 0 Å². The van der Waals surface area contributed by atoms with Crippen molar-refractivity contribution >= 4 is 0 Å². The van der Waals surface area contributed by atoms with Gasteiger partial charge in [0.2, 0.25) is 0 Å². The Morgan fingerprint density at radius 1 is 1.19 bits per heavy atom. The van der Waals surface area contributed by atoms with Crippen molar-refractivity contribution in [3.63, 3.8) is 0 Å². The maximum absolute atomic E-state index is 9.17. The third kappa shape index (κ3) is 2.63. The highest BCUT2D eigenvalue weighted by molar-refractivity contribution is 5.29. The first-order valence-corrected chi connectivity index (χ1v) is 6.12. The van der Waals surface area contributed by atoms with Gasteiger partial charge in [0, 0.05) is 18.6 Å². The molecule has 16 heavy (non-hydrogen) atoms. The summed E-state index contributed by atoms with van der Waals surface area (Å²) in [6.07, 6.45) is 2.77. The van der Waals surface area contributed by atoms with Gasteiger partial charge in [0.1, 0.15) is 0 Å². The van der Waals surface area contributed by atoms with Gasteiger partial charge in [0.15, 0.2) is 0 Å². The van der Waals surface area contributed by atoms with Gasteiger partial charge in [-0.15, -0.1) is 0 Å². The number of aliphatic hydroxyl groups is 1. The van der Waals surface area contributed by atoms with Crippen LogP contribution >= 0.6 is 0 Å². The molecule has 0 saturated heterocycles. The Bertz CT molecular complexity index is 301. The van der Waals surface area contributed by atoms with E-state index in [0.29, 0.717) is 6.54 Å². The molecule has 0 aliphatic carbocycles. The molecule has 1 rings (SSSR count). The fraction of sp³-hybridized carbons (Fsp3) is 0.571. The summed E-state index contributed by atoms with van der Waals surface area (Å²) in [7, 11) is 0. The molecule has 1 unspecified atom stereocenters. The molecule has 0 aromatic heterocycles. The van der Waals surface area contributed by atoms with E-state index in [1.807, 2.05) is 0 Å². The van der Waals surface area contributed by atoms with E-state index in [9.17, 15) is 5.11 Å². The van der Waals surface area contributed by atoms with Crippen molar-refractivity contribution in [3.8, 4) is 0 Å². The predicted molar refractivity (Wildman–Crippen MR) is 68.5 cm³/mol. The molecule has 0 spiro atoms. The van der Waals surface area contributed by atoms with Crippen LogP contribution in [0.3, 0.4) is 0 Å². The quantitative estimate of drug-likeness (QED) is 0.774. The van der Waals surface area contributed by atoms with E-state index in [1.165, 1.54) is 11.1 Å². The van der Waals surface area contributed by atoms with Crippen molar-refractivity contribution < 1.29 is 5.11 Å². The summed E-state index contributed by atoms with van der Waals surface area (Å²) >= 11 is 0. The molecule has 1 aromatic rings. The Labute approximate surface area is 98.5 Å². The second kappa shape index (κ2) is 6.02. The number of aryl methyl sites for hydroxylation is 1. The molecule has 0 amide bonds. The molecule has 0 fully saturated rings. The zero-order valence-electron chi connectivity index (χ0n) is 10.4. The van der Waals surface area contributed by atoms with Gasteiger partial charge in [-0.25, -0.2) is 0 Å². The number of rotatable bonds is 6. The van der Waals surface area contributed by atoms with Crippen LogP contribution < -0.4 is 5.73 Å². The van der Waals surface area contributed by atoms with Gasteiger partial charge in [0.25, 0.3) is 0 Å². The molecule has 1 atom stereocenters. The average Bonchev–Trinajstić information content (AvgIpc) is 2.36. The van der Waals surface area contributed by atoms with Gasteiger partial charge in [-0.3, -0.25) is 0 Å². The van der Waals surface area contributed by atoms with Gasteiger partial charge < -0.3 is 10.8 Å². The Balaban J connectivity index is 3.00. The number of nitrogens with two attached hydrogens (primary N) is 1.